The molecule has 2 N–H and O–H groups in total. The van der Waals surface area contributed by atoms with Gasteiger partial charge in [0.15, 0.2) is 5.75 Å². The summed E-state index contributed by atoms with van der Waals surface area (Å²) in [5.41, 5.74) is 2.82. The predicted octanol–water partition coefficient (Wildman–Crippen LogP) is 6.70. The normalized spacial score (nSPS) is 11.1. The third-order valence-corrected chi connectivity index (χ3v) is 6.07. The summed E-state index contributed by atoms with van der Waals surface area (Å²) < 4.78 is 5.60. The molecule has 0 atom stereocenters. The molecule has 0 aliphatic heterocycles. The summed E-state index contributed by atoms with van der Waals surface area (Å²) in [6, 6.07) is 18.9. The Hall–Kier alpha value is -3.55. The number of carboxylic acid groups (broad SMARTS) is 1. The molecule has 0 saturated carbocycles. The molecular weight excluding hydrogens is 515 g/mol. The minimum atomic E-state index is -0.988. The lowest BCUT2D eigenvalue weighted by atomic mass is 9.87. The quantitative estimate of drug-likeness (QED) is 0.330. The Kier molecular flexibility index (Phi) is 9.18. The number of nitrogens with zero attached hydrogens (tertiary/aromatic N) is 1. The van der Waals surface area contributed by atoms with Crippen molar-refractivity contribution in [2.45, 2.75) is 39.2 Å². The van der Waals surface area contributed by atoms with E-state index in [2.05, 4.69) is 26.1 Å². The van der Waals surface area contributed by atoms with E-state index in [1.807, 2.05) is 24.3 Å². The Labute approximate surface area is 226 Å². The van der Waals surface area contributed by atoms with Crippen LogP contribution in [0.5, 0.6) is 5.75 Å². The zero-order valence-corrected chi connectivity index (χ0v) is 22.3. The van der Waals surface area contributed by atoms with E-state index in [1.165, 1.54) is 17.0 Å². The molecule has 2 amide bonds. The highest BCUT2D eigenvalue weighted by atomic mass is 35.5. The fourth-order valence-electron chi connectivity index (χ4n) is 3.44. The number of amides is 2. The number of aliphatic carboxylic acids is 1. The molecule has 0 radical (unpaired) electrons. The topological polar surface area (TPSA) is 95.9 Å². The first kappa shape index (κ1) is 28.0. The second-order valence-electron chi connectivity index (χ2n) is 9.42. The summed E-state index contributed by atoms with van der Waals surface area (Å²) in [6.07, 6.45) is -0.796. The number of ether oxygens (including phenoxy) is 1. The maximum Gasteiger partial charge on any atom is 0.420 e. The van der Waals surface area contributed by atoms with E-state index in [-0.39, 0.29) is 41.6 Å². The number of hydrogen-bond acceptors (Lipinski definition) is 4. The molecule has 37 heavy (non-hydrogen) atoms. The average Bonchev–Trinajstić information content (AvgIpc) is 2.84. The van der Waals surface area contributed by atoms with Gasteiger partial charge in [-0.25, -0.2) is 4.79 Å². The van der Waals surface area contributed by atoms with E-state index >= 15 is 0 Å². The van der Waals surface area contributed by atoms with Crippen molar-refractivity contribution in [3.05, 3.63) is 93.5 Å². The van der Waals surface area contributed by atoms with Crippen LogP contribution in [0.3, 0.4) is 0 Å². The zero-order valence-electron chi connectivity index (χ0n) is 20.8. The standard InChI is InChI=1S/C28H28Cl2N2O5/c1-28(2,3)20-8-11-22(12-9-20)32(27(36)37-24-13-10-21(29)16-23(24)30)17-18-4-6-19(7-5-18)26(35)31-15-14-25(33)34/h4-13,16H,14-15,17H2,1-3H3,(H,31,35)(H,33,34). The number of rotatable bonds is 8. The van der Waals surface area contributed by atoms with E-state index in [9.17, 15) is 14.4 Å². The fourth-order valence-corrected chi connectivity index (χ4v) is 3.89. The molecule has 3 rings (SSSR count). The van der Waals surface area contributed by atoms with Crippen LogP contribution in [0, 0.1) is 0 Å². The fraction of sp³-hybridized carbons (Fsp3) is 0.250. The van der Waals surface area contributed by atoms with Gasteiger partial charge in [0.25, 0.3) is 5.91 Å². The summed E-state index contributed by atoms with van der Waals surface area (Å²) in [6.45, 7) is 6.52. The zero-order chi connectivity index (χ0) is 27.2. The van der Waals surface area contributed by atoms with Gasteiger partial charge in [-0.05, 0) is 59.0 Å². The first-order valence-corrected chi connectivity index (χ1v) is 12.3. The maximum absolute atomic E-state index is 13.3. The van der Waals surface area contributed by atoms with Crippen molar-refractivity contribution in [1.82, 2.24) is 5.32 Å². The van der Waals surface area contributed by atoms with E-state index in [0.717, 1.165) is 11.1 Å². The molecule has 7 nitrogen and oxygen atoms in total. The molecule has 0 fully saturated rings. The van der Waals surface area contributed by atoms with Gasteiger partial charge in [-0.1, -0.05) is 68.2 Å². The number of hydrogen-bond donors (Lipinski definition) is 2. The molecule has 194 valence electrons. The van der Waals surface area contributed by atoms with Crippen molar-refractivity contribution in [2.24, 2.45) is 0 Å². The van der Waals surface area contributed by atoms with Crippen molar-refractivity contribution in [1.29, 1.82) is 0 Å². The van der Waals surface area contributed by atoms with Crippen LogP contribution in [0.25, 0.3) is 0 Å². The Balaban J connectivity index is 1.83. The lowest BCUT2D eigenvalue weighted by Crippen LogP contribution is -2.33. The average molecular weight is 543 g/mol. The van der Waals surface area contributed by atoms with E-state index < -0.39 is 12.1 Å². The van der Waals surface area contributed by atoms with Gasteiger partial charge < -0.3 is 15.2 Å². The number of anilines is 1. The highest BCUT2D eigenvalue weighted by Gasteiger charge is 2.22. The Bertz CT molecular complexity index is 1270. The van der Waals surface area contributed by atoms with Gasteiger partial charge in [-0.15, -0.1) is 0 Å². The highest BCUT2D eigenvalue weighted by molar-refractivity contribution is 6.35. The van der Waals surface area contributed by atoms with Crippen LogP contribution < -0.4 is 15.0 Å². The summed E-state index contributed by atoms with van der Waals surface area (Å²) in [5.74, 6) is -1.18. The summed E-state index contributed by atoms with van der Waals surface area (Å²) in [7, 11) is 0. The smallest absolute Gasteiger partial charge is 0.420 e. The molecule has 0 spiro atoms. The monoisotopic (exact) mass is 542 g/mol. The Morgan fingerprint density at radius 1 is 0.946 bits per heavy atom. The van der Waals surface area contributed by atoms with E-state index in [1.54, 1.807) is 30.3 Å². The second-order valence-corrected chi connectivity index (χ2v) is 10.3. The Morgan fingerprint density at radius 2 is 1.59 bits per heavy atom. The number of halogens is 2. The van der Waals surface area contributed by atoms with E-state index in [4.69, 9.17) is 33.0 Å². The van der Waals surface area contributed by atoms with Gasteiger partial charge in [0, 0.05) is 22.8 Å². The van der Waals surface area contributed by atoms with Gasteiger partial charge in [0.1, 0.15) is 0 Å². The molecule has 0 aromatic heterocycles. The van der Waals surface area contributed by atoms with Crippen LogP contribution in [0.15, 0.2) is 66.7 Å². The molecule has 0 saturated heterocycles. The van der Waals surface area contributed by atoms with Gasteiger partial charge in [-0.2, -0.15) is 0 Å². The van der Waals surface area contributed by atoms with Crippen LogP contribution >= 0.6 is 23.2 Å². The lowest BCUT2D eigenvalue weighted by molar-refractivity contribution is -0.136. The van der Waals surface area contributed by atoms with Gasteiger partial charge in [0.05, 0.1) is 18.0 Å². The van der Waals surface area contributed by atoms with Crippen LogP contribution in [0.1, 0.15) is 48.7 Å². The molecular formula is C28H28Cl2N2O5. The number of carbonyl (C=O) groups excluding carboxylic acids is 2. The first-order chi connectivity index (χ1) is 17.4. The SMILES string of the molecule is CC(C)(C)c1ccc(N(Cc2ccc(C(=O)NCCC(=O)O)cc2)C(=O)Oc2ccc(Cl)cc2Cl)cc1. The number of benzene rings is 3. The Morgan fingerprint density at radius 3 is 2.16 bits per heavy atom. The van der Waals surface area contributed by atoms with E-state index in [0.29, 0.717) is 16.3 Å². The molecule has 0 aliphatic rings. The maximum atomic E-state index is 13.3. The van der Waals surface area contributed by atoms with Crippen LogP contribution in [0.2, 0.25) is 10.0 Å². The predicted molar refractivity (Wildman–Crippen MR) is 145 cm³/mol. The summed E-state index contributed by atoms with van der Waals surface area (Å²) in [5, 5.41) is 11.9. The van der Waals surface area contributed by atoms with Crippen molar-refractivity contribution in [3.8, 4) is 5.75 Å². The molecule has 0 aliphatic carbocycles. The summed E-state index contributed by atoms with van der Waals surface area (Å²) >= 11 is 12.2. The minimum absolute atomic E-state index is 0.0351. The van der Waals surface area contributed by atoms with Gasteiger partial charge in [-0.3, -0.25) is 14.5 Å². The first-order valence-electron chi connectivity index (χ1n) is 11.6. The highest BCUT2D eigenvalue weighted by Crippen LogP contribution is 2.30. The lowest BCUT2D eigenvalue weighted by Gasteiger charge is -2.25. The third kappa shape index (κ3) is 7.97. The van der Waals surface area contributed by atoms with Crippen molar-refractivity contribution >= 4 is 46.9 Å². The molecule has 0 unspecified atom stereocenters. The number of nitrogens with one attached hydrogen (secondary N) is 1. The number of carbonyl (C=O) groups is 3. The van der Waals surface area contributed by atoms with Crippen molar-refractivity contribution < 1.29 is 24.2 Å². The number of carboxylic acids is 1. The van der Waals surface area contributed by atoms with Crippen LogP contribution in [-0.4, -0.2) is 29.6 Å². The summed E-state index contributed by atoms with van der Waals surface area (Å²) in [4.78, 5) is 37.7. The molecule has 0 bridgehead atoms. The second kappa shape index (κ2) is 12.1. The largest absolute Gasteiger partial charge is 0.481 e. The third-order valence-electron chi connectivity index (χ3n) is 5.54. The van der Waals surface area contributed by atoms with Crippen LogP contribution in [0.4, 0.5) is 10.5 Å². The van der Waals surface area contributed by atoms with Gasteiger partial charge >= 0.3 is 12.1 Å². The molecule has 3 aromatic carbocycles. The van der Waals surface area contributed by atoms with Crippen molar-refractivity contribution in [2.75, 3.05) is 11.4 Å². The van der Waals surface area contributed by atoms with Crippen LogP contribution in [-0.2, 0) is 16.8 Å². The molecule has 0 heterocycles. The minimum Gasteiger partial charge on any atom is -0.481 e. The van der Waals surface area contributed by atoms with Crippen molar-refractivity contribution in [3.63, 3.8) is 0 Å². The molecule has 3 aromatic rings. The molecule has 9 heteroatoms. The van der Waals surface area contributed by atoms with Gasteiger partial charge in [0.2, 0.25) is 0 Å².